The quantitative estimate of drug-likeness (QED) is 0.727. The minimum Gasteiger partial charge on any atom is -0.380 e. The number of rotatable bonds is 4. The summed E-state index contributed by atoms with van der Waals surface area (Å²) < 4.78 is 78.1. The van der Waals surface area contributed by atoms with Crippen LogP contribution in [0.15, 0.2) is 11.1 Å². The SMILES string of the molecule is Cn1nc(C(F)(F)F)cc1S(=O)(=O)N1CCC2(CC1)CC(NC1CC3(COC3)C1)CO2. The van der Waals surface area contributed by atoms with Crippen molar-refractivity contribution in [2.45, 2.75) is 61.0 Å². The Kier molecular flexibility index (Phi) is 4.98. The first-order valence-electron chi connectivity index (χ1n) is 10.6. The van der Waals surface area contributed by atoms with Gasteiger partial charge in [-0.05, 0) is 32.1 Å². The molecular formula is C19H27F3N4O4S. The molecule has 0 aromatic carbocycles. The number of sulfonamides is 1. The van der Waals surface area contributed by atoms with Crippen LogP contribution in [0, 0.1) is 5.41 Å². The Hall–Kier alpha value is -1.21. The fraction of sp³-hybridized carbons (Fsp3) is 0.842. The lowest BCUT2D eigenvalue weighted by atomic mass is 9.64. The molecule has 0 radical (unpaired) electrons. The number of aryl methyl sites for hydroxylation is 1. The minimum atomic E-state index is -4.69. The van der Waals surface area contributed by atoms with E-state index in [4.69, 9.17) is 9.47 Å². The fourth-order valence-electron chi connectivity index (χ4n) is 5.46. The second kappa shape index (κ2) is 7.14. The number of nitrogens with one attached hydrogen (secondary N) is 1. The van der Waals surface area contributed by atoms with E-state index in [0.717, 1.165) is 37.2 Å². The van der Waals surface area contributed by atoms with Crippen molar-refractivity contribution in [3.63, 3.8) is 0 Å². The average molecular weight is 465 g/mol. The molecule has 12 heteroatoms. The van der Waals surface area contributed by atoms with Gasteiger partial charge in [0.15, 0.2) is 10.7 Å². The third kappa shape index (κ3) is 3.79. The fourth-order valence-corrected chi connectivity index (χ4v) is 7.02. The summed E-state index contributed by atoms with van der Waals surface area (Å²) in [5.74, 6) is 0. The van der Waals surface area contributed by atoms with Crippen LogP contribution < -0.4 is 5.32 Å². The molecule has 1 aliphatic carbocycles. The summed E-state index contributed by atoms with van der Waals surface area (Å²) in [6, 6.07) is 1.34. The summed E-state index contributed by atoms with van der Waals surface area (Å²) in [7, 11) is -2.85. The molecule has 1 N–H and O–H groups in total. The molecule has 4 heterocycles. The number of alkyl halides is 3. The van der Waals surface area contributed by atoms with Gasteiger partial charge in [-0.3, -0.25) is 4.68 Å². The third-order valence-electron chi connectivity index (χ3n) is 7.22. The number of hydrogen-bond donors (Lipinski definition) is 1. The van der Waals surface area contributed by atoms with Gasteiger partial charge in [0.1, 0.15) is 0 Å². The predicted octanol–water partition coefficient (Wildman–Crippen LogP) is 1.52. The van der Waals surface area contributed by atoms with Crippen LogP contribution in [0.5, 0.6) is 0 Å². The summed E-state index contributed by atoms with van der Waals surface area (Å²) in [6.45, 7) is 2.75. The molecule has 3 saturated heterocycles. The first-order chi connectivity index (χ1) is 14.5. The molecular weight excluding hydrogens is 437 g/mol. The van der Waals surface area contributed by atoms with Crippen LogP contribution >= 0.6 is 0 Å². The van der Waals surface area contributed by atoms with E-state index in [9.17, 15) is 21.6 Å². The zero-order valence-corrected chi connectivity index (χ0v) is 18.1. The first-order valence-corrected chi connectivity index (χ1v) is 12.0. The van der Waals surface area contributed by atoms with Crippen LogP contribution in [-0.2, 0) is 32.7 Å². The van der Waals surface area contributed by atoms with Crippen molar-refractivity contribution in [2.75, 3.05) is 32.9 Å². The van der Waals surface area contributed by atoms with E-state index in [0.29, 0.717) is 37.0 Å². The van der Waals surface area contributed by atoms with Crippen molar-refractivity contribution in [1.29, 1.82) is 0 Å². The van der Waals surface area contributed by atoms with E-state index < -0.39 is 26.9 Å². The number of nitrogens with zero attached hydrogens (tertiary/aromatic N) is 3. The number of ether oxygens (including phenoxy) is 2. The number of halogens is 3. The average Bonchev–Trinajstić information content (AvgIpc) is 3.21. The van der Waals surface area contributed by atoms with Gasteiger partial charge >= 0.3 is 6.18 Å². The van der Waals surface area contributed by atoms with Crippen molar-refractivity contribution in [1.82, 2.24) is 19.4 Å². The first kappa shape index (κ1) is 21.6. The Balaban J connectivity index is 1.18. The highest BCUT2D eigenvalue weighted by atomic mass is 32.2. The molecule has 1 aromatic heterocycles. The smallest absolute Gasteiger partial charge is 0.380 e. The zero-order valence-electron chi connectivity index (χ0n) is 17.3. The van der Waals surface area contributed by atoms with E-state index in [1.807, 2.05) is 0 Å². The monoisotopic (exact) mass is 464 g/mol. The molecule has 4 aliphatic rings. The second-order valence-corrected chi connectivity index (χ2v) is 11.4. The molecule has 31 heavy (non-hydrogen) atoms. The van der Waals surface area contributed by atoms with Crippen LogP contribution in [0.4, 0.5) is 13.2 Å². The molecule has 2 spiro atoms. The summed E-state index contributed by atoms with van der Waals surface area (Å²) >= 11 is 0. The number of piperidine rings is 1. The lowest BCUT2D eigenvalue weighted by Gasteiger charge is -2.54. The van der Waals surface area contributed by atoms with Gasteiger partial charge in [-0.15, -0.1) is 0 Å². The normalized spacial score (nSPS) is 28.7. The van der Waals surface area contributed by atoms with Gasteiger partial charge in [0, 0.05) is 43.7 Å². The molecule has 0 amide bonds. The highest BCUT2D eigenvalue weighted by molar-refractivity contribution is 7.89. The van der Waals surface area contributed by atoms with Crippen molar-refractivity contribution in [3.05, 3.63) is 11.8 Å². The number of hydrogen-bond acceptors (Lipinski definition) is 6. The van der Waals surface area contributed by atoms with Gasteiger partial charge in [-0.2, -0.15) is 22.6 Å². The molecule has 3 aliphatic heterocycles. The molecule has 0 bridgehead atoms. The molecule has 1 saturated carbocycles. The third-order valence-corrected chi connectivity index (χ3v) is 9.18. The molecule has 8 nitrogen and oxygen atoms in total. The van der Waals surface area contributed by atoms with Crippen molar-refractivity contribution in [2.24, 2.45) is 12.5 Å². The van der Waals surface area contributed by atoms with E-state index >= 15 is 0 Å². The maximum absolute atomic E-state index is 12.9. The minimum absolute atomic E-state index is 0.214. The van der Waals surface area contributed by atoms with E-state index in [1.165, 1.54) is 11.4 Å². The van der Waals surface area contributed by atoms with E-state index in [-0.39, 0.29) is 24.7 Å². The number of aromatic nitrogens is 2. The Bertz CT molecular complexity index is 944. The van der Waals surface area contributed by atoms with E-state index in [1.54, 1.807) is 0 Å². The zero-order chi connectivity index (χ0) is 22.1. The molecule has 1 unspecified atom stereocenters. The van der Waals surface area contributed by atoms with Gasteiger partial charge < -0.3 is 14.8 Å². The van der Waals surface area contributed by atoms with Gasteiger partial charge in [0.2, 0.25) is 0 Å². The van der Waals surface area contributed by atoms with Gasteiger partial charge in [-0.25, -0.2) is 8.42 Å². The van der Waals surface area contributed by atoms with Gasteiger partial charge in [-0.1, -0.05) is 0 Å². The largest absolute Gasteiger partial charge is 0.435 e. The molecule has 1 atom stereocenters. The molecule has 4 fully saturated rings. The topological polar surface area (TPSA) is 85.7 Å². The van der Waals surface area contributed by atoms with Crippen LogP contribution in [0.25, 0.3) is 0 Å². The molecule has 1 aromatic rings. The Morgan fingerprint density at radius 3 is 2.39 bits per heavy atom. The second-order valence-electron chi connectivity index (χ2n) is 9.55. The van der Waals surface area contributed by atoms with Crippen LogP contribution in [-0.4, -0.2) is 73.1 Å². The lowest BCUT2D eigenvalue weighted by molar-refractivity contribution is -0.168. The Morgan fingerprint density at radius 1 is 1.16 bits per heavy atom. The van der Waals surface area contributed by atoms with Crippen LogP contribution in [0.3, 0.4) is 0 Å². The summed E-state index contributed by atoms with van der Waals surface area (Å²) in [5.41, 5.74) is -1.18. The van der Waals surface area contributed by atoms with Crippen molar-refractivity contribution in [3.8, 4) is 0 Å². The highest BCUT2D eigenvalue weighted by Gasteiger charge is 2.52. The Labute approximate surface area is 179 Å². The highest BCUT2D eigenvalue weighted by Crippen LogP contribution is 2.47. The van der Waals surface area contributed by atoms with Crippen molar-refractivity contribution >= 4 is 10.0 Å². The summed E-state index contributed by atoms with van der Waals surface area (Å²) in [6.07, 6.45) is -0.554. The molecule has 5 rings (SSSR count). The maximum atomic E-state index is 12.9. The lowest BCUT2D eigenvalue weighted by Crippen LogP contribution is -2.60. The summed E-state index contributed by atoms with van der Waals surface area (Å²) in [5, 5.41) is 6.56. The van der Waals surface area contributed by atoms with Crippen LogP contribution in [0.2, 0.25) is 0 Å². The molecule has 174 valence electrons. The van der Waals surface area contributed by atoms with E-state index in [2.05, 4.69) is 10.4 Å². The maximum Gasteiger partial charge on any atom is 0.435 e. The van der Waals surface area contributed by atoms with Crippen LogP contribution in [0.1, 0.15) is 37.8 Å². The van der Waals surface area contributed by atoms with Gasteiger partial charge in [0.25, 0.3) is 10.0 Å². The standard InChI is InChI=1S/C19H27F3N4O4S/c1-25-16(6-15(24-25)19(20,21)22)31(27,28)26-4-2-18(3-5-26)9-14(10-30-18)23-13-7-17(8-13)11-29-12-17/h6,13-14,23H,2-5,7-12H2,1H3. The summed E-state index contributed by atoms with van der Waals surface area (Å²) in [4.78, 5) is 0. The Morgan fingerprint density at radius 2 is 1.84 bits per heavy atom. The van der Waals surface area contributed by atoms with Crippen molar-refractivity contribution < 1.29 is 31.1 Å². The van der Waals surface area contributed by atoms with Gasteiger partial charge in [0.05, 0.1) is 25.4 Å². The predicted molar refractivity (Wildman–Crippen MR) is 103 cm³/mol.